The van der Waals surface area contributed by atoms with Gasteiger partial charge in [-0.1, -0.05) is 32.9 Å². The Labute approximate surface area is 110 Å². The lowest BCUT2D eigenvalue weighted by molar-refractivity contribution is -0.137. The average Bonchev–Trinajstić information content (AvgIpc) is 3.06. The summed E-state index contributed by atoms with van der Waals surface area (Å²) in [6.45, 7) is 5.99. The second kappa shape index (κ2) is 4.49. The van der Waals surface area contributed by atoms with Gasteiger partial charge in [0.05, 0.1) is 11.7 Å². The van der Waals surface area contributed by atoms with E-state index in [-0.39, 0.29) is 17.6 Å². The fourth-order valence-corrected chi connectivity index (χ4v) is 2.12. The predicted molar refractivity (Wildman–Crippen MR) is 64.5 cm³/mol. The summed E-state index contributed by atoms with van der Waals surface area (Å²) in [4.78, 5) is 0. The van der Waals surface area contributed by atoms with Crippen molar-refractivity contribution < 1.29 is 23.0 Å². The van der Waals surface area contributed by atoms with E-state index in [1.54, 1.807) is 0 Å². The maximum absolute atomic E-state index is 12.4. The van der Waals surface area contributed by atoms with Crippen LogP contribution in [-0.2, 0) is 10.9 Å². The Morgan fingerprint density at radius 1 is 1.11 bits per heavy atom. The lowest BCUT2D eigenvalue weighted by atomic mass is 9.88. The molecule has 1 aliphatic heterocycles. The highest BCUT2D eigenvalue weighted by molar-refractivity contribution is 5.27. The molecule has 0 aromatic heterocycles. The Morgan fingerprint density at radius 3 is 2.00 bits per heavy atom. The molecule has 5 heteroatoms. The van der Waals surface area contributed by atoms with Gasteiger partial charge in [0.15, 0.2) is 0 Å². The van der Waals surface area contributed by atoms with Crippen LogP contribution in [0.25, 0.3) is 0 Å². The molecule has 0 saturated carbocycles. The Kier molecular flexibility index (Phi) is 3.39. The number of benzene rings is 1. The van der Waals surface area contributed by atoms with E-state index in [9.17, 15) is 18.3 Å². The predicted octanol–water partition coefficient (Wildman–Crippen LogP) is 3.55. The average molecular weight is 274 g/mol. The molecule has 3 atom stereocenters. The topological polar surface area (TPSA) is 32.8 Å². The van der Waals surface area contributed by atoms with Gasteiger partial charge in [0.25, 0.3) is 0 Å². The van der Waals surface area contributed by atoms with Gasteiger partial charge < -0.3 is 9.84 Å². The minimum Gasteiger partial charge on any atom is -0.386 e. The molecule has 1 saturated heterocycles. The van der Waals surface area contributed by atoms with Gasteiger partial charge in [0.2, 0.25) is 0 Å². The van der Waals surface area contributed by atoms with Crippen molar-refractivity contribution in [2.75, 3.05) is 0 Å². The molecule has 1 aliphatic rings. The van der Waals surface area contributed by atoms with Gasteiger partial charge in [-0.2, -0.15) is 13.2 Å². The maximum Gasteiger partial charge on any atom is 0.416 e. The lowest BCUT2D eigenvalue weighted by Crippen LogP contribution is -2.19. The highest BCUT2D eigenvalue weighted by Gasteiger charge is 2.51. The van der Waals surface area contributed by atoms with Crippen molar-refractivity contribution >= 4 is 0 Å². The van der Waals surface area contributed by atoms with Crippen LogP contribution in [0, 0.1) is 5.41 Å². The van der Waals surface area contributed by atoms with Crippen molar-refractivity contribution in [3.05, 3.63) is 35.4 Å². The quantitative estimate of drug-likeness (QED) is 0.836. The van der Waals surface area contributed by atoms with Crippen molar-refractivity contribution in [2.24, 2.45) is 5.41 Å². The summed E-state index contributed by atoms with van der Waals surface area (Å²) >= 11 is 0. The molecule has 0 radical (unpaired) electrons. The molecule has 1 N–H and O–H groups in total. The third-order valence-electron chi connectivity index (χ3n) is 3.27. The van der Waals surface area contributed by atoms with E-state index in [0.29, 0.717) is 5.56 Å². The number of aliphatic hydroxyl groups excluding tert-OH is 1. The Balaban J connectivity index is 2.08. The van der Waals surface area contributed by atoms with E-state index in [2.05, 4.69) is 0 Å². The highest BCUT2D eigenvalue weighted by atomic mass is 19.4. The number of epoxide rings is 1. The SMILES string of the molecule is CC(C)(C)C1OC1[C@H](O)c1ccc(C(F)(F)F)cc1. The van der Waals surface area contributed by atoms with Crippen LogP contribution in [0.15, 0.2) is 24.3 Å². The number of alkyl halides is 3. The summed E-state index contributed by atoms with van der Waals surface area (Å²) in [5.74, 6) is 0. The zero-order chi connectivity index (χ0) is 14.4. The normalized spacial score (nSPS) is 25.2. The largest absolute Gasteiger partial charge is 0.416 e. The minimum atomic E-state index is -4.35. The van der Waals surface area contributed by atoms with Gasteiger partial charge in [-0.05, 0) is 23.1 Å². The first kappa shape index (κ1) is 14.3. The molecule has 0 spiro atoms. The maximum atomic E-state index is 12.4. The van der Waals surface area contributed by atoms with Gasteiger partial charge >= 0.3 is 6.18 Å². The third-order valence-corrected chi connectivity index (χ3v) is 3.27. The molecule has 2 rings (SSSR count). The van der Waals surface area contributed by atoms with E-state index in [1.165, 1.54) is 12.1 Å². The molecule has 2 nitrogen and oxygen atoms in total. The summed E-state index contributed by atoms with van der Waals surface area (Å²) in [5, 5.41) is 10.1. The van der Waals surface area contributed by atoms with E-state index >= 15 is 0 Å². The van der Waals surface area contributed by atoms with Crippen molar-refractivity contribution in [1.82, 2.24) is 0 Å². The van der Waals surface area contributed by atoms with Crippen LogP contribution < -0.4 is 0 Å². The van der Waals surface area contributed by atoms with Crippen molar-refractivity contribution in [3.8, 4) is 0 Å². The van der Waals surface area contributed by atoms with Crippen molar-refractivity contribution in [1.29, 1.82) is 0 Å². The third kappa shape index (κ3) is 3.09. The van der Waals surface area contributed by atoms with Gasteiger partial charge in [-0.15, -0.1) is 0 Å². The fourth-order valence-electron chi connectivity index (χ4n) is 2.12. The molecule has 1 aromatic rings. The van der Waals surface area contributed by atoms with Crippen LogP contribution in [0.2, 0.25) is 0 Å². The van der Waals surface area contributed by atoms with Crippen LogP contribution in [0.3, 0.4) is 0 Å². The van der Waals surface area contributed by atoms with Gasteiger partial charge in [0, 0.05) is 0 Å². The summed E-state index contributed by atoms with van der Waals surface area (Å²) in [7, 11) is 0. The number of aliphatic hydroxyl groups is 1. The Bertz CT molecular complexity index is 445. The number of hydrogen-bond acceptors (Lipinski definition) is 2. The number of rotatable bonds is 2. The molecular formula is C14H17F3O2. The molecular weight excluding hydrogens is 257 g/mol. The van der Waals surface area contributed by atoms with Crippen molar-refractivity contribution in [2.45, 2.75) is 45.3 Å². The molecule has 0 amide bonds. The molecule has 19 heavy (non-hydrogen) atoms. The number of ether oxygens (including phenoxy) is 1. The monoisotopic (exact) mass is 274 g/mol. The zero-order valence-electron chi connectivity index (χ0n) is 11.0. The summed E-state index contributed by atoms with van der Waals surface area (Å²) in [5.41, 5.74) is -0.352. The first-order valence-electron chi connectivity index (χ1n) is 6.11. The minimum absolute atomic E-state index is 0.0650. The van der Waals surface area contributed by atoms with Crippen LogP contribution in [0.4, 0.5) is 13.2 Å². The highest BCUT2D eigenvalue weighted by Crippen LogP contribution is 2.44. The molecule has 1 heterocycles. The molecule has 1 aromatic carbocycles. The fraction of sp³-hybridized carbons (Fsp3) is 0.571. The molecule has 106 valence electrons. The molecule has 0 aliphatic carbocycles. The molecule has 2 unspecified atom stereocenters. The Morgan fingerprint density at radius 2 is 1.63 bits per heavy atom. The summed E-state index contributed by atoms with van der Waals surface area (Å²) in [6.07, 6.45) is -5.64. The molecule has 1 fully saturated rings. The van der Waals surface area contributed by atoms with Crippen LogP contribution in [0.5, 0.6) is 0 Å². The van der Waals surface area contributed by atoms with Crippen LogP contribution >= 0.6 is 0 Å². The number of halogens is 3. The smallest absolute Gasteiger partial charge is 0.386 e. The first-order chi connectivity index (χ1) is 8.60. The van der Waals surface area contributed by atoms with Gasteiger partial charge in [0.1, 0.15) is 12.2 Å². The van der Waals surface area contributed by atoms with E-state index in [4.69, 9.17) is 4.74 Å². The standard InChI is InChI=1S/C14H17F3O2/c1-13(2,3)12-11(19-12)10(18)8-4-6-9(7-5-8)14(15,16)17/h4-7,10-12,18H,1-3H3/t10-,11?,12?/m1/s1. The summed E-state index contributed by atoms with van der Waals surface area (Å²) < 4.78 is 42.7. The second-order valence-corrected chi connectivity index (χ2v) is 5.95. The zero-order valence-corrected chi connectivity index (χ0v) is 11.0. The molecule has 0 bridgehead atoms. The van der Waals surface area contributed by atoms with Crippen molar-refractivity contribution in [3.63, 3.8) is 0 Å². The Hall–Kier alpha value is -1.07. The lowest BCUT2D eigenvalue weighted by Gasteiger charge is -2.16. The van der Waals surface area contributed by atoms with Gasteiger partial charge in [-0.25, -0.2) is 0 Å². The second-order valence-electron chi connectivity index (χ2n) is 5.95. The van der Waals surface area contributed by atoms with E-state index in [1.807, 2.05) is 20.8 Å². The summed E-state index contributed by atoms with van der Waals surface area (Å²) in [6, 6.07) is 4.56. The first-order valence-corrected chi connectivity index (χ1v) is 6.11. The van der Waals surface area contributed by atoms with Crippen LogP contribution in [-0.4, -0.2) is 17.3 Å². The van der Waals surface area contributed by atoms with Crippen LogP contribution in [0.1, 0.15) is 38.0 Å². The van der Waals surface area contributed by atoms with E-state index in [0.717, 1.165) is 12.1 Å². The number of hydrogen-bond donors (Lipinski definition) is 1. The van der Waals surface area contributed by atoms with E-state index < -0.39 is 17.8 Å². The van der Waals surface area contributed by atoms with Gasteiger partial charge in [-0.3, -0.25) is 0 Å².